The minimum absolute atomic E-state index is 0.112. The average molecular weight is 384 g/mol. The number of hydrogen-bond donors (Lipinski definition) is 2. The summed E-state index contributed by atoms with van der Waals surface area (Å²) in [7, 11) is 0. The maximum absolute atomic E-state index is 12.2. The standard InChI is InChI=1S/C19H20N4O3S/c1-4-17-22-18(23-26-17)15-9-14(12(3)27-15)21-16(24)10-20-19(25)13-7-5-11(2)6-8-13/h5-9H,4,10H2,1-3H3,(H,20,25)(H,21,24). The van der Waals surface area contributed by atoms with Gasteiger partial charge in [0.2, 0.25) is 17.6 Å². The first-order valence-corrected chi connectivity index (χ1v) is 9.36. The number of carbonyl (C=O) groups is 2. The molecule has 3 rings (SSSR count). The first-order valence-electron chi connectivity index (χ1n) is 8.54. The Morgan fingerprint density at radius 2 is 1.93 bits per heavy atom. The van der Waals surface area contributed by atoms with Crippen molar-refractivity contribution in [3.8, 4) is 10.7 Å². The van der Waals surface area contributed by atoms with Gasteiger partial charge in [-0.1, -0.05) is 29.8 Å². The summed E-state index contributed by atoms with van der Waals surface area (Å²) in [6.45, 7) is 5.67. The molecule has 0 saturated heterocycles. The van der Waals surface area contributed by atoms with Crippen molar-refractivity contribution < 1.29 is 14.1 Å². The zero-order valence-electron chi connectivity index (χ0n) is 15.3. The molecular formula is C19H20N4O3S. The predicted molar refractivity (Wildman–Crippen MR) is 104 cm³/mol. The fourth-order valence-corrected chi connectivity index (χ4v) is 3.28. The summed E-state index contributed by atoms with van der Waals surface area (Å²) >= 11 is 1.47. The van der Waals surface area contributed by atoms with Gasteiger partial charge in [0.1, 0.15) is 0 Å². The van der Waals surface area contributed by atoms with Gasteiger partial charge in [0.25, 0.3) is 5.91 Å². The van der Waals surface area contributed by atoms with Crippen LogP contribution in [0.1, 0.15) is 33.6 Å². The van der Waals surface area contributed by atoms with Crippen LogP contribution < -0.4 is 10.6 Å². The van der Waals surface area contributed by atoms with Crippen molar-refractivity contribution in [3.05, 3.63) is 52.2 Å². The summed E-state index contributed by atoms with van der Waals surface area (Å²) in [6.07, 6.45) is 0.668. The van der Waals surface area contributed by atoms with Crippen LogP contribution in [0.4, 0.5) is 5.69 Å². The van der Waals surface area contributed by atoms with Crippen molar-refractivity contribution in [2.24, 2.45) is 0 Å². The highest BCUT2D eigenvalue weighted by Gasteiger charge is 2.15. The quantitative estimate of drug-likeness (QED) is 0.679. The third kappa shape index (κ3) is 4.59. The number of anilines is 1. The minimum atomic E-state index is -0.301. The molecule has 0 aliphatic carbocycles. The second-order valence-electron chi connectivity index (χ2n) is 6.04. The van der Waals surface area contributed by atoms with Crippen LogP contribution in [0.25, 0.3) is 10.7 Å². The lowest BCUT2D eigenvalue weighted by Gasteiger charge is -2.07. The molecule has 0 bridgehead atoms. The maximum Gasteiger partial charge on any atom is 0.251 e. The van der Waals surface area contributed by atoms with Gasteiger partial charge in [-0.2, -0.15) is 4.98 Å². The predicted octanol–water partition coefficient (Wildman–Crippen LogP) is 3.35. The van der Waals surface area contributed by atoms with Crippen LogP contribution in [-0.2, 0) is 11.2 Å². The molecule has 2 heterocycles. The number of thiophene rings is 1. The van der Waals surface area contributed by atoms with Crippen molar-refractivity contribution in [3.63, 3.8) is 0 Å². The lowest BCUT2D eigenvalue weighted by atomic mass is 10.1. The fourth-order valence-electron chi connectivity index (χ4n) is 2.38. The second-order valence-corrected chi connectivity index (χ2v) is 7.30. The fraction of sp³-hybridized carbons (Fsp3) is 0.263. The molecule has 0 spiro atoms. The van der Waals surface area contributed by atoms with E-state index in [2.05, 4.69) is 20.8 Å². The topological polar surface area (TPSA) is 97.1 Å². The Hall–Kier alpha value is -3.00. The van der Waals surface area contributed by atoms with E-state index >= 15 is 0 Å². The summed E-state index contributed by atoms with van der Waals surface area (Å²) in [5.41, 5.74) is 2.26. The molecule has 0 unspecified atom stereocenters. The third-order valence-electron chi connectivity index (χ3n) is 3.91. The second kappa shape index (κ2) is 8.13. The van der Waals surface area contributed by atoms with Crippen molar-refractivity contribution >= 4 is 28.8 Å². The van der Waals surface area contributed by atoms with E-state index in [1.807, 2.05) is 39.0 Å². The Balaban J connectivity index is 1.59. The molecule has 2 aromatic heterocycles. The Morgan fingerprint density at radius 1 is 1.19 bits per heavy atom. The van der Waals surface area contributed by atoms with Gasteiger partial charge < -0.3 is 15.2 Å². The van der Waals surface area contributed by atoms with Crippen LogP contribution in [0, 0.1) is 13.8 Å². The van der Waals surface area contributed by atoms with Crippen LogP contribution in [0.3, 0.4) is 0 Å². The third-order valence-corrected chi connectivity index (χ3v) is 4.95. The molecule has 0 radical (unpaired) electrons. The highest BCUT2D eigenvalue weighted by atomic mass is 32.1. The molecule has 8 heteroatoms. The summed E-state index contributed by atoms with van der Waals surface area (Å²) in [4.78, 5) is 30.3. The van der Waals surface area contributed by atoms with Crippen LogP contribution in [-0.4, -0.2) is 28.5 Å². The number of amides is 2. The van der Waals surface area contributed by atoms with Gasteiger partial charge in [-0.05, 0) is 32.0 Å². The molecule has 140 valence electrons. The number of rotatable bonds is 6. The Kier molecular flexibility index (Phi) is 5.66. The van der Waals surface area contributed by atoms with E-state index in [1.54, 1.807) is 12.1 Å². The van der Waals surface area contributed by atoms with Crippen molar-refractivity contribution in [2.75, 3.05) is 11.9 Å². The Bertz CT molecular complexity index is 960. The SMILES string of the molecule is CCc1nc(-c2cc(NC(=O)CNC(=O)c3ccc(C)cc3)c(C)s2)no1. The summed E-state index contributed by atoms with van der Waals surface area (Å²) < 4.78 is 5.12. The molecule has 27 heavy (non-hydrogen) atoms. The van der Waals surface area contributed by atoms with Gasteiger partial charge in [0.15, 0.2) is 0 Å². The normalized spacial score (nSPS) is 10.6. The van der Waals surface area contributed by atoms with Gasteiger partial charge in [-0.3, -0.25) is 9.59 Å². The molecule has 2 N–H and O–H groups in total. The average Bonchev–Trinajstić information content (AvgIpc) is 3.27. The molecule has 2 amide bonds. The van der Waals surface area contributed by atoms with E-state index < -0.39 is 0 Å². The number of benzene rings is 1. The Morgan fingerprint density at radius 3 is 2.59 bits per heavy atom. The summed E-state index contributed by atoms with van der Waals surface area (Å²) in [5, 5.41) is 9.37. The molecule has 0 saturated carbocycles. The molecular weight excluding hydrogens is 364 g/mol. The molecule has 0 fully saturated rings. The maximum atomic E-state index is 12.2. The van der Waals surface area contributed by atoms with E-state index in [0.717, 1.165) is 15.3 Å². The van der Waals surface area contributed by atoms with Crippen molar-refractivity contribution in [1.29, 1.82) is 0 Å². The zero-order chi connectivity index (χ0) is 19.4. The van der Waals surface area contributed by atoms with Crippen molar-refractivity contribution in [1.82, 2.24) is 15.5 Å². The first kappa shape index (κ1) is 18.8. The van der Waals surface area contributed by atoms with Gasteiger partial charge in [-0.15, -0.1) is 11.3 Å². The summed E-state index contributed by atoms with van der Waals surface area (Å²) in [5.74, 6) is 0.491. The van der Waals surface area contributed by atoms with Crippen LogP contribution >= 0.6 is 11.3 Å². The van der Waals surface area contributed by atoms with Gasteiger partial charge in [-0.25, -0.2) is 0 Å². The molecule has 0 aliphatic rings. The van der Waals surface area contributed by atoms with Gasteiger partial charge in [0, 0.05) is 16.9 Å². The number of aryl methyl sites for hydroxylation is 3. The molecule has 0 atom stereocenters. The monoisotopic (exact) mass is 384 g/mol. The number of nitrogens with one attached hydrogen (secondary N) is 2. The number of nitrogens with zero attached hydrogens (tertiary/aromatic N) is 2. The first-order chi connectivity index (χ1) is 13.0. The van der Waals surface area contributed by atoms with E-state index in [4.69, 9.17) is 4.52 Å². The lowest BCUT2D eigenvalue weighted by Crippen LogP contribution is -2.32. The zero-order valence-corrected chi connectivity index (χ0v) is 16.1. The van der Waals surface area contributed by atoms with Crippen LogP contribution in [0.15, 0.2) is 34.9 Å². The minimum Gasteiger partial charge on any atom is -0.343 e. The number of hydrogen-bond acceptors (Lipinski definition) is 6. The molecule has 7 nitrogen and oxygen atoms in total. The highest BCUT2D eigenvalue weighted by Crippen LogP contribution is 2.32. The molecule has 3 aromatic rings. The molecule has 0 aliphatic heterocycles. The van der Waals surface area contributed by atoms with E-state index in [-0.39, 0.29) is 18.4 Å². The number of carbonyl (C=O) groups excluding carboxylic acids is 2. The van der Waals surface area contributed by atoms with E-state index in [0.29, 0.717) is 29.4 Å². The van der Waals surface area contributed by atoms with Crippen LogP contribution in [0.5, 0.6) is 0 Å². The number of aromatic nitrogens is 2. The van der Waals surface area contributed by atoms with Crippen molar-refractivity contribution in [2.45, 2.75) is 27.2 Å². The van der Waals surface area contributed by atoms with Gasteiger partial charge >= 0.3 is 0 Å². The highest BCUT2D eigenvalue weighted by molar-refractivity contribution is 7.16. The lowest BCUT2D eigenvalue weighted by molar-refractivity contribution is -0.115. The van der Waals surface area contributed by atoms with E-state index in [9.17, 15) is 9.59 Å². The Labute approximate surface area is 160 Å². The largest absolute Gasteiger partial charge is 0.343 e. The molecule has 1 aromatic carbocycles. The van der Waals surface area contributed by atoms with Crippen LogP contribution in [0.2, 0.25) is 0 Å². The van der Waals surface area contributed by atoms with Gasteiger partial charge in [0.05, 0.1) is 17.1 Å². The van der Waals surface area contributed by atoms with E-state index in [1.165, 1.54) is 11.3 Å². The summed E-state index contributed by atoms with van der Waals surface area (Å²) in [6, 6.07) is 8.98. The smallest absolute Gasteiger partial charge is 0.251 e.